The Kier molecular flexibility index (Phi) is 13.7. The second-order valence-electron chi connectivity index (χ2n) is 19.0. The van der Waals surface area contributed by atoms with Gasteiger partial charge in [-0.25, -0.2) is 4.99 Å². The number of hydrogen-bond acceptors (Lipinski definition) is 1. The van der Waals surface area contributed by atoms with E-state index in [0.29, 0.717) is 35.5 Å². The van der Waals surface area contributed by atoms with E-state index in [1.165, 1.54) is 62.1 Å². The number of benzene rings is 2. The molecule has 6 aliphatic carbocycles. The summed E-state index contributed by atoms with van der Waals surface area (Å²) in [5.74, 6) is 2.83. The maximum Gasteiger partial charge on any atom is 0.0704 e. The lowest BCUT2D eigenvalue weighted by atomic mass is 9.67. The van der Waals surface area contributed by atoms with Gasteiger partial charge in [-0.15, -0.1) is 0 Å². The van der Waals surface area contributed by atoms with Gasteiger partial charge in [-0.05, 0) is 149 Å². The fraction of sp³-hybridized carbons (Fsp3) is 0.266. The van der Waals surface area contributed by atoms with Crippen molar-refractivity contribution in [3.8, 4) is 0 Å². The van der Waals surface area contributed by atoms with Crippen LogP contribution in [0, 0.1) is 41.4 Å². The van der Waals surface area contributed by atoms with Crippen molar-refractivity contribution in [2.45, 2.75) is 65.7 Å². The van der Waals surface area contributed by atoms with Crippen LogP contribution in [0.25, 0.3) is 16.7 Å². The minimum absolute atomic E-state index is 0.271. The topological polar surface area (TPSA) is 12.4 Å². The lowest BCUT2D eigenvalue weighted by Crippen LogP contribution is -2.27. The van der Waals surface area contributed by atoms with Crippen LogP contribution in [-0.2, 0) is 0 Å². The third-order valence-electron chi connectivity index (χ3n) is 14.8. The number of rotatable bonds is 12. The Labute approximate surface area is 390 Å². The predicted molar refractivity (Wildman–Crippen MR) is 281 cm³/mol. The highest BCUT2D eigenvalue weighted by atomic mass is 14.8. The molecule has 7 aliphatic rings. The number of fused-ring (bicyclic) bond motifs is 1. The van der Waals surface area contributed by atoms with Crippen molar-refractivity contribution in [2.75, 3.05) is 0 Å². The molecular formula is C64H65N. The molecule has 9 rings (SSSR count). The van der Waals surface area contributed by atoms with E-state index >= 15 is 0 Å². The van der Waals surface area contributed by atoms with Gasteiger partial charge in [-0.1, -0.05) is 215 Å². The van der Waals surface area contributed by atoms with E-state index < -0.39 is 0 Å². The Hall–Kier alpha value is -6.31. The van der Waals surface area contributed by atoms with Crippen molar-refractivity contribution >= 4 is 22.4 Å². The quantitative estimate of drug-likeness (QED) is 0.149. The van der Waals surface area contributed by atoms with Crippen LogP contribution in [-0.4, -0.2) is 5.71 Å². The lowest BCUT2D eigenvalue weighted by Gasteiger charge is -2.37. The Bertz CT molecular complexity index is 2690. The largest absolute Gasteiger partial charge is 0.248 e. The molecule has 0 fully saturated rings. The minimum atomic E-state index is 0.271. The molecule has 2 aromatic rings. The van der Waals surface area contributed by atoms with Gasteiger partial charge in [0.2, 0.25) is 0 Å². The summed E-state index contributed by atoms with van der Waals surface area (Å²) in [6, 6.07) is 20.0. The first-order valence-corrected chi connectivity index (χ1v) is 24.3. The van der Waals surface area contributed by atoms with Crippen molar-refractivity contribution in [2.24, 2.45) is 46.4 Å². The molecule has 0 radical (unpaired) electrons. The SMILES string of the molecule is C=C/C=C/C=C\C(C1=CC(C2C=CC=C(C3=NC(C4=CC=C(c5ccccc5)C(C)C4)=CC(=C)C(c4ccc(C5=CCCC=C5)cc4)=C3C)C2)CC=C1)C(C)C1=CCCC2C=CC=CC12. The Morgan fingerprint density at radius 2 is 1.55 bits per heavy atom. The van der Waals surface area contributed by atoms with Crippen LogP contribution in [0.2, 0.25) is 0 Å². The Balaban J connectivity index is 1.05. The van der Waals surface area contributed by atoms with Gasteiger partial charge in [0.25, 0.3) is 0 Å². The molecule has 7 atom stereocenters. The standard InChI is InChI=1S/C64H65N/c1-6-7-8-15-31-59(46(4)60-33-20-26-51-25-16-17-32-61(51)60)55-29-18-27-53(42-55)54-28-19-30-57(43-54)64-47(5)63(52-36-34-49(35-37-52)48-21-11-9-12-22-48)45(3)41-62(65-64)56-38-39-58(44(2)40-56)50-23-13-10-14-24-50/h6-8,10-11,13-19,21-25,28-39,41-42,44,46,51,53-54,59,61H,1,3,9,12,20,26-27,40,43H2,2,4-5H3/b8-7+,31-15-. The first-order valence-electron chi connectivity index (χ1n) is 24.3. The zero-order valence-corrected chi connectivity index (χ0v) is 38.8. The molecule has 65 heavy (non-hydrogen) atoms. The van der Waals surface area contributed by atoms with Gasteiger partial charge in [0.15, 0.2) is 0 Å². The summed E-state index contributed by atoms with van der Waals surface area (Å²) in [5, 5.41) is 0. The molecule has 0 spiro atoms. The van der Waals surface area contributed by atoms with Gasteiger partial charge in [0.1, 0.15) is 0 Å². The smallest absolute Gasteiger partial charge is 0.0704 e. The zero-order valence-electron chi connectivity index (χ0n) is 38.8. The molecule has 1 nitrogen and oxygen atoms in total. The highest BCUT2D eigenvalue weighted by Gasteiger charge is 2.34. The minimum Gasteiger partial charge on any atom is -0.248 e. The number of aliphatic imine (C=N–C) groups is 1. The van der Waals surface area contributed by atoms with Gasteiger partial charge in [-0.2, -0.15) is 0 Å². The predicted octanol–water partition coefficient (Wildman–Crippen LogP) is 16.8. The van der Waals surface area contributed by atoms with Crippen molar-refractivity contribution in [3.63, 3.8) is 0 Å². The summed E-state index contributed by atoms with van der Waals surface area (Å²) in [7, 11) is 0. The highest BCUT2D eigenvalue weighted by Crippen LogP contribution is 2.45. The zero-order chi connectivity index (χ0) is 44.7. The molecule has 0 N–H and O–H groups in total. The molecule has 1 heteroatoms. The molecule has 0 bridgehead atoms. The van der Waals surface area contributed by atoms with Gasteiger partial charge >= 0.3 is 0 Å². The molecule has 1 aliphatic heterocycles. The van der Waals surface area contributed by atoms with Crippen LogP contribution >= 0.6 is 0 Å². The fourth-order valence-electron chi connectivity index (χ4n) is 11.3. The first kappa shape index (κ1) is 43.9. The molecule has 1 heterocycles. The van der Waals surface area contributed by atoms with Crippen molar-refractivity contribution in [3.05, 3.63) is 257 Å². The van der Waals surface area contributed by atoms with Crippen LogP contribution in [0.4, 0.5) is 0 Å². The maximum atomic E-state index is 5.71. The van der Waals surface area contributed by atoms with Gasteiger partial charge in [-0.3, -0.25) is 0 Å². The van der Waals surface area contributed by atoms with E-state index in [0.717, 1.165) is 55.5 Å². The summed E-state index contributed by atoms with van der Waals surface area (Å²) in [6.07, 6.45) is 58.4. The molecule has 0 amide bonds. The van der Waals surface area contributed by atoms with Crippen LogP contribution in [0.5, 0.6) is 0 Å². The summed E-state index contributed by atoms with van der Waals surface area (Å²) < 4.78 is 0. The van der Waals surface area contributed by atoms with Crippen molar-refractivity contribution < 1.29 is 0 Å². The van der Waals surface area contributed by atoms with E-state index in [-0.39, 0.29) is 5.92 Å². The molecule has 0 aromatic heterocycles. The second kappa shape index (κ2) is 20.2. The Morgan fingerprint density at radius 3 is 2.35 bits per heavy atom. The number of allylic oxidation sites excluding steroid dienone is 31. The molecular weight excluding hydrogens is 783 g/mol. The van der Waals surface area contributed by atoms with Gasteiger partial charge < -0.3 is 0 Å². The molecule has 2 aromatic carbocycles. The van der Waals surface area contributed by atoms with Crippen LogP contribution in [0.3, 0.4) is 0 Å². The summed E-state index contributed by atoms with van der Waals surface area (Å²) in [6.45, 7) is 15.8. The maximum absolute atomic E-state index is 5.71. The average Bonchev–Trinajstić information content (AvgIpc) is 3.49. The molecule has 0 saturated carbocycles. The van der Waals surface area contributed by atoms with Gasteiger partial charge in [0, 0.05) is 11.8 Å². The van der Waals surface area contributed by atoms with E-state index in [4.69, 9.17) is 11.6 Å². The van der Waals surface area contributed by atoms with Crippen LogP contribution < -0.4 is 0 Å². The van der Waals surface area contributed by atoms with E-state index in [1.54, 1.807) is 5.57 Å². The summed E-state index contributed by atoms with van der Waals surface area (Å²) in [4.78, 5) is 5.71. The molecule has 0 saturated heterocycles. The third kappa shape index (κ3) is 9.72. The summed E-state index contributed by atoms with van der Waals surface area (Å²) >= 11 is 0. The first-order chi connectivity index (χ1) is 31.9. The van der Waals surface area contributed by atoms with Crippen molar-refractivity contribution in [1.82, 2.24) is 0 Å². The molecule has 326 valence electrons. The van der Waals surface area contributed by atoms with Crippen LogP contribution in [0.15, 0.2) is 246 Å². The highest BCUT2D eigenvalue weighted by molar-refractivity contribution is 6.19. The lowest BCUT2D eigenvalue weighted by molar-refractivity contribution is 0.399. The summed E-state index contributed by atoms with van der Waals surface area (Å²) in [5.41, 5.74) is 17.5. The van der Waals surface area contributed by atoms with E-state index in [2.05, 4.69) is 203 Å². The van der Waals surface area contributed by atoms with E-state index in [9.17, 15) is 0 Å². The Morgan fingerprint density at radius 1 is 0.738 bits per heavy atom. The molecule has 7 unspecified atom stereocenters. The number of nitrogens with zero attached hydrogens (tertiary/aromatic N) is 1. The van der Waals surface area contributed by atoms with E-state index in [1.807, 2.05) is 12.2 Å². The van der Waals surface area contributed by atoms with Crippen molar-refractivity contribution in [1.29, 1.82) is 0 Å². The normalized spacial score (nSPS) is 26.3. The van der Waals surface area contributed by atoms with Crippen LogP contribution in [0.1, 0.15) is 82.4 Å². The monoisotopic (exact) mass is 848 g/mol. The fourth-order valence-corrected chi connectivity index (χ4v) is 11.3. The third-order valence-corrected chi connectivity index (χ3v) is 14.8. The number of hydrogen-bond donors (Lipinski definition) is 0. The average molecular weight is 848 g/mol. The van der Waals surface area contributed by atoms with Gasteiger partial charge in [0.05, 0.1) is 11.4 Å². The second-order valence-corrected chi connectivity index (χ2v) is 19.0.